The molecule has 0 heterocycles. The van der Waals surface area contributed by atoms with E-state index in [0.29, 0.717) is 18.1 Å². The predicted molar refractivity (Wildman–Crippen MR) is 105 cm³/mol. The summed E-state index contributed by atoms with van der Waals surface area (Å²) in [5, 5.41) is 12.5. The van der Waals surface area contributed by atoms with Gasteiger partial charge in [0, 0.05) is 0 Å². The number of ether oxygens (including phenoxy) is 1. The van der Waals surface area contributed by atoms with Gasteiger partial charge in [0.2, 0.25) is 0 Å². The molecule has 0 fully saturated rings. The van der Waals surface area contributed by atoms with Crippen LogP contribution >= 0.6 is 0 Å². The largest absolute Gasteiger partial charge is 0.515 e. The van der Waals surface area contributed by atoms with Crippen LogP contribution in [0.3, 0.4) is 0 Å². The Labute approximate surface area is 155 Å². The SMILES string of the molecule is CC[C@H](C)COc1ccc(C(=CO)C(=O)N[C@H](C)c2ccccc2)cc1. The van der Waals surface area contributed by atoms with Gasteiger partial charge < -0.3 is 15.2 Å². The molecule has 26 heavy (non-hydrogen) atoms. The maximum Gasteiger partial charge on any atom is 0.255 e. The molecule has 0 aliphatic rings. The molecular weight excluding hydrogens is 326 g/mol. The van der Waals surface area contributed by atoms with Crippen molar-refractivity contribution in [1.82, 2.24) is 5.32 Å². The van der Waals surface area contributed by atoms with Gasteiger partial charge in [0.05, 0.1) is 24.5 Å². The van der Waals surface area contributed by atoms with Gasteiger partial charge in [-0.15, -0.1) is 0 Å². The number of hydrogen-bond acceptors (Lipinski definition) is 3. The van der Waals surface area contributed by atoms with E-state index in [4.69, 9.17) is 4.74 Å². The first kappa shape index (κ1) is 19.6. The van der Waals surface area contributed by atoms with Gasteiger partial charge in [-0.05, 0) is 36.1 Å². The minimum atomic E-state index is -0.322. The Balaban J connectivity index is 2.02. The van der Waals surface area contributed by atoms with Gasteiger partial charge in [-0.2, -0.15) is 0 Å². The molecule has 2 aromatic rings. The van der Waals surface area contributed by atoms with Gasteiger partial charge in [-0.3, -0.25) is 4.79 Å². The van der Waals surface area contributed by atoms with Crippen molar-refractivity contribution in [3.63, 3.8) is 0 Å². The number of carbonyl (C=O) groups is 1. The van der Waals surface area contributed by atoms with Crippen molar-refractivity contribution in [2.45, 2.75) is 33.2 Å². The summed E-state index contributed by atoms with van der Waals surface area (Å²) < 4.78 is 5.73. The molecule has 0 aromatic heterocycles. The van der Waals surface area contributed by atoms with Crippen LogP contribution in [0, 0.1) is 5.92 Å². The second-order valence-corrected chi connectivity index (χ2v) is 6.50. The molecule has 0 aliphatic heterocycles. The fourth-order valence-electron chi connectivity index (χ4n) is 2.45. The fourth-order valence-corrected chi connectivity index (χ4v) is 2.45. The number of aliphatic hydroxyl groups excluding tert-OH is 1. The Morgan fingerprint density at radius 2 is 1.77 bits per heavy atom. The van der Waals surface area contributed by atoms with E-state index in [0.717, 1.165) is 24.0 Å². The molecule has 1 amide bonds. The first-order valence-corrected chi connectivity index (χ1v) is 8.98. The Morgan fingerprint density at radius 3 is 2.35 bits per heavy atom. The van der Waals surface area contributed by atoms with E-state index in [-0.39, 0.29) is 17.5 Å². The monoisotopic (exact) mass is 353 g/mol. The maximum atomic E-state index is 12.5. The van der Waals surface area contributed by atoms with Crippen molar-refractivity contribution < 1.29 is 14.6 Å². The first-order valence-electron chi connectivity index (χ1n) is 8.98. The first-order chi connectivity index (χ1) is 12.5. The summed E-state index contributed by atoms with van der Waals surface area (Å²) in [6.07, 6.45) is 1.91. The topological polar surface area (TPSA) is 58.6 Å². The molecule has 4 heteroatoms. The molecule has 0 saturated heterocycles. The molecule has 0 bridgehead atoms. The number of rotatable bonds is 8. The molecule has 0 unspecified atom stereocenters. The zero-order chi connectivity index (χ0) is 18.9. The van der Waals surface area contributed by atoms with E-state index in [2.05, 4.69) is 19.2 Å². The summed E-state index contributed by atoms with van der Waals surface area (Å²) in [6.45, 7) is 6.84. The molecule has 0 spiro atoms. The van der Waals surface area contributed by atoms with Crippen LogP contribution in [-0.4, -0.2) is 17.6 Å². The van der Waals surface area contributed by atoms with Crippen LogP contribution in [-0.2, 0) is 4.79 Å². The molecular formula is C22H27NO3. The van der Waals surface area contributed by atoms with E-state index < -0.39 is 0 Å². The molecule has 0 aliphatic carbocycles. The number of aliphatic hydroxyl groups is 1. The lowest BCUT2D eigenvalue weighted by Crippen LogP contribution is -2.27. The second kappa shape index (κ2) is 9.66. The Bertz CT molecular complexity index is 723. The molecule has 4 nitrogen and oxygen atoms in total. The van der Waals surface area contributed by atoms with Crippen molar-refractivity contribution in [2.75, 3.05) is 6.61 Å². The van der Waals surface area contributed by atoms with E-state index in [1.165, 1.54) is 0 Å². The number of amides is 1. The molecule has 2 rings (SSSR count). The van der Waals surface area contributed by atoms with E-state index in [1.807, 2.05) is 49.4 Å². The molecule has 2 N–H and O–H groups in total. The summed E-state index contributed by atoms with van der Waals surface area (Å²) >= 11 is 0. The normalized spacial score (nSPS) is 13.7. The summed E-state index contributed by atoms with van der Waals surface area (Å²) in [5.41, 5.74) is 1.87. The van der Waals surface area contributed by atoms with E-state index in [1.54, 1.807) is 12.1 Å². The molecule has 2 atom stereocenters. The standard InChI is InChI=1S/C22H27NO3/c1-4-16(2)15-26-20-12-10-19(11-13-20)21(14-24)22(25)23-17(3)18-8-6-5-7-9-18/h5-14,16-17,24H,4,15H2,1-3H3,(H,23,25)/t16-,17+/m0/s1. The van der Waals surface area contributed by atoms with Gasteiger partial charge in [-0.1, -0.05) is 62.7 Å². The average Bonchev–Trinajstić information content (AvgIpc) is 2.68. The van der Waals surface area contributed by atoms with Gasteiger partial charge in [0.15, 0.2) is 0 Å². The highest BCUT2D eigenvalue weighted by Gasteiger charge is 2.16. The Hall–Kier alpha value is -2.75. The zero-order valence-electron chi connectivity index (χ0n) is 15.6. The van der Waals surface area contributed by atoms with Crippen LogP contribution < -0.4 is 10.1 Å². The highest BCUT2D eigenvalue weighted by atomic mass is 16.5. The third-order valence-corrected chi connectivity index (χ3v) is 4.42. The molecule has 2 aromatic carbocycles. The van der Waals surface area contributed by atoms with Gasteiger partial charge in [0.25, 0.3) is 5.91 Å². The smallest absolute Gasteiger partial charge is 0.255 e. The van der Waals surface area contributed by atoms with Crippen molar-refractivity contribution in [3.05, 3.63) is 72.0 Å². The Morgan fingerprint density at radius 1 is 1.12 bits per heavy atom. The van der Waals surface area contributed by atoms with Crippen molar-refractivity contribution in [1.29, 1.82) is 0 Å². The Kier molecular flexibility index (Phi) is 7.27. The average molecular weight is 353 g/mol. The van der Waals surface area contributed by atoms with E-state index >= 15 is 0 Å². The highest BCUT2D eigenvalue weighted by molar-refractivity contribution is 6.19. The molecule has 0 saturated carbocycles. The highest BCUT2D eigenvalue weighted by Crippen LogP contribution is 2.21. The quantitative estimate of drug-likeness (QED) is 0.525. The number of benzene rings is 2. The van der Waals surface area contributed by atoms with Crippen molar-refractivity contribution in [3.8, 4) is 5.75 Å². The summed E-state index contributed by atoms with van der Waals surface area (Å²) in [7, 11) is 0. The van der Waals surface area contributed by atoms with Crippen LogP contribution in [0.25, 0.3) is 5.57 Å². The summed E-state index contributed by atoms with van der Waals surface area (Å²) in [6, 6.07) is 16.7. The van der Waals surface area contributed by atoms with Crippen LogP contribution in [0.5, 0.6) is 5.75 Å². The number of nitrogens with one attached hydrogen (secondary N) is 1. The van der Waals surface area contributed by atoms with Crippen molar-refractivity contribution in [2.24, 2.45) is 5.92 Å². The maximum absolute atomic E-state index is 12.5. The summed E-state index contributed by atoms with van der Waals surface area (Å²) in [4.78, 5) is 12.5. The van der Waals surface area contributed by atoms with Crippen LogP contribution in [0.2, 0.25) is 0 Å². The van der Waals surface area contributed by atoms with Crippen molar-refractivity contribution >= 4 is 11.5 Å². The zero-order valence-corrected chi connectivity index (χ0v) is 15.6. The summed E-state index contributed by atoms with van der Waals surface area (Å²) in [5.74, 6) is 0.925. The lowest BCUT2D eigenvalue weighted by Gasteiger charge is -2.16. The number of hydrogen-bond donors (Lipinski definition) is 2. The number of carbonyl (C=O) groups excluding carboxylic acids is 1. The predicted octanol–water partition coefficient (Wildman–Crippen LogP) is 4.89. The van der Waals surface area contributed by atoms with Gasteiger partial charge in [-0.25, -0.2) is 0 Å². The molecule has 0 radical (unpaired) electrons. The van der Waals surface area contributed by atoms with Gasteiger partial charge in [0.1, 0.15) is 5.75 Å². The molecule has 138 valence electrons. The third kappa shape index (κ3) is 5.38. The van der Waals surface area contributed by atoms with Crippen LogP contribution in [0.1, 0.15) is 44.4 Å². The van der Waals surface area contributed by atoms with E-state index in [9.17, 15) is 9.90 Å². The fraction of sp³-hybridized carbons (Fsp3) is 0.318. The minimum absolute atomic E-state index is 0.156. The second-order valence-electron chi connectivity index (χ2n) is 6.50. The van der Waals surface area contributed by atoms with Gasteiger partial charge >= 0.3 is 0 Å². The lowest BCUT2D eigenvalue weighted by molar-refractivity contribution is -0.116. The lowest BCUT2D eigenvalue weighted by atomic mass is 10.0. The third-order valence-electron chi connectivity index (χ3n) is 4.42. The van der Waals surface area contributed by atoms with Crippen LogP contribution in [0.15, 0.2) is 60.9 Å². The minimum Gasteiger partial charge on any atom is -0.515 e. The van der Waals surface area contributed by atoms with Crippen LogP contribution in [0.4, 0.5) is 0 Å².